The molecule has 1 N–H and O–H groups in total. The Bertz CT molecular complexity index is 249. The van der Waals surface area contributed by atoms with E-state index >= 15 is 0 Å². The summed E-state index contributed by atoms with van der Waals surface area (Å²) in [7, 11) is -1.05. The molecule has 1 rings (SSSR count). The summed E-state index contributed by atoms with van der Waals surface area (Å²) in [5, 5.41) is 3.32. The van der Waals surface area contributed by atoms with Gasteiger partial charge in [-0.05, 0) is 19.8 Å². The normalized spacial score (nSPS) is 24.7. The second-order valence-electron chi connectivity index (χ2n) is 3.88. The van der Waals surface area contributed by atoms with Crippen LogP contribution in [0.3, 0.4) is 0 Å². The topological polar surface area (TPSA) is 55.4 Å². The molecule has 1 fully saturated rings. The van der Waals surface area contributed by atoms with Gasteiger partial charge in [0.2, 0.25) is 0 Å². The zero-order chi connectivity index (χ0) is 10.6. The van der Waals surface area contributed by atoms with Crippen LogP contribution < -0.4 is 5.32 Å². The van der Waals surface area contributed by atoms with Crippen molar-refractivity contribution in [2.24, 2.45) is 0 Å². The largest absolute Gasteiger partial charge is 0.380 e. The van der Waals surface area contributed by atoms with Gasteiger partial charge < -0.3 is 10.1 Å². The molecular formula is C9H19NO3S. The SMILES string of the molecule is COC(C)CNC1CCS(=O)(=O)CC1. The molecule has 0 aliphatic carbocycles. The van der Waals surface area contributed by atoms with Gasteiger partial charge in [-0.25, -0.2) is 8.42 Å². The molecule has 1 atom stereocenters. The fraction of sp³-hybridized carbons (Fsp3) is 1.00. The summed E-state index contributed by atoms with van der Waals surface area (Å²) in [6.07, 6.45) is 1.66. The highest BCUT2D eigenvalue weighted by atomic mass is 32.2. The van der Waals surface area contributed by atoms with E-state index in [1.165, 1.54) is 0 Å². The standard InChI is InChI=1S/C9H19NO3S/c1-8(13-2)7-10-9-3-5-14(11,12)6-4-9/h8-10H,3-7H2,1-2H3. The molecule has 84 valence electrons. The van der Waals surface area contributed by atoms with Crippen LogP contribution in [0.4, 0.5) is 0 Å². The van der Waals surface area contributed by atoms with E-state index in [0.717, 1.165) is 19.4 Å². The third kappa shape index (κ3) is 3.94. The molecule has 1 unspecified atom stereocenters. The van der Waals surface area contributed by atoms with Gasteiger partial charge in [0.05, 0.1) is 17.6 Å². The highest BCUT2D eigenvalue weighted by Crippen LogP contribution is 2.11. The molecule has 1 saturated heterocycles. The highest BCUT2D eigenvalue weighted by molar-refractivity contribution is 7.91. The minimum atomic E-state index is -2.73. The van der Waals surface area contributed by atoms with E-state index in [0.29, 0.717) is 17.5 Å². The van der Waals surface area contributed by atoms with Crippen molar-refractivity contribution in [3.63, 3.8) is 0 Å². The minimum absolute atomic E-state index is 0.188. The van der Waals surface area contributed by atoms with Crippen molar-refractivity contribution in [2.45, 2.75) is 31.9 Å². The molecule has 0 spiro atoms. The van der Waals surface area contributed by atoms with Gasteiger partial charge in [0.25, 0.3) is 0 Å². The summed E-state index contributed by atoms with van der Waals surface area (Å²) < 4.78 is 27.4. The lowest BCUT2D eigenvalue weighted by Gasteiger charge is -2.24. The van der Waals surface area contributed by atoms with Crippen molar-refractivity contribution < 1.29 is 13.2 Å². The lowest BCUT2D eigenvalue weighted by molar-refractivity contribution is 0.114. The van der Waals surface area contributed by atoms with E-state index in [1.54, 1.807) is 7.11 Å². The van der Waals surface area contributed by atoms with Crippen LogP contribution in [0.25, 0.3) is 0 Å². The Morgan fingerprint density at radius 1 is 1.43 bits per heavy atom. The zero-order valence-electron chi connectivity index (χ0n) is 8.82. The number of hydrogen-bond donors (Lipinski definition) is 1. The van der Waals surface area contributed by atoms with Crippen LogP contribution in [0.2, 0.25) is 0 Å². The van der Waals surface area contributed by atoms with Crippen LogP contribution in [-0.2, 0) is 14.6 Å². The average molecular weight is 221 g/mol. The third-order valence-corrected chi connectivity index (χ3v) is 4.37. The van der Waals surface area contributed by atoms with Crippen LogP contribution in [0.1, 0.15) is 19.8 Å². The third-order valence-electron chi connectivity index (χ3n) is 2.65. The molecule has 0 aromatic heterocycles. The first-order valence-electron chi connectivity index (χ1n) is 5.00. The van der Waals surface area contributed by atoms with Gasteiger partial charge in [0, 0.05) is 19.7 Å². The molecule has 0 amide bonds. The van der Waals surface area contributed by atoms with Crippen molar-refractivity contribution >= 4 is 9.84 Å². The van der Waals surface area contributed by atoms with Gasteiger partial charge in [-0.1, -0.05) is 0 Å². The maximum Gasteiger partial charge on any atom is 0.150 e. The first-order chi connectivity index (χ1) is 6.53. The summed E-state index contributed by atoms with van der Waals surface area (Å²) in [4.78, 5) is 0. The maximum atomic E-state index is 11.1. The molecule has 1 aliphatic heterocycles. The second kappa shape index (κ2) is 5.09. The number of sulfone groups is 1. The molecule has 0 saturated carbocycles. The van der Waals surface area contributed by atoms with Crippen LogP contribution in [0.5, 0.6) is 0 Å². The Balaban J connectivity index is 2.23. The first kappa shape index (κ1) is 11.9. The van der Waals surface area contributed by atoms with E-state index < -0.39 is 9.84 Å². The number of hydrogen-bond acceptors (Lipinski definition) is 4. The second-order valence-corrected chi connectivity index (χ2v) is 6.18. The fourth-order valence-corrected chi connectivity index (χ4v) is 3.00. The van der Waals surface area contributed by atoms with E-state index in [1.807, 2.05) is 6.92 Å². The van der Waals surface area contributed by atoms with E-state index in [9.17, 15) is 8.42 Å². The lowest BCUT2D eigenvalue weighted by atomic mass is 10.1. The monoisotopic (exact) mass is 221 g/mol. The summed E-state index contributed by atoms with van der Waals surface area (Å²) in [6.45, 7) is 2.79. The van der Waals surface area contributed by atoms with Crippen molar-refractivity contribution in [1.82, 2.24) is 5.32 Å². The van der Waals surface area contributed by atoms with Gasteiger partial charge in [-0.15, -0.1) is 0 Å². The minimum Gasteiger partial charge on any atom is -0.380 e. The predicted molar refractivity (Wildman–Crippen MR) is 56.1 cm³/mol. The Hall–Kier alpha value is -0.130. The molecule has 4 nitrogen and oxygen atoms in total. The Kier molecular flexibility index (Phi) is 4.34. The summed E-state index contributed by atoms with van der Waals surface area (Å²) in [5.41, 5.74) is 0. The molecule has 1 aliphatic rings. The molecule has 0 aromatic carbocycles. The van der Waals surface area contributed by atoms with Crippen LogP contribution in [0, 0.1) is 0 Å². The molecule has 0 radical (unpaired) electrons. The summed E-state index contributed by atoms with van der Waals surface area (Å²) >= 11 is 0. The average Bonchev–Trinajstić information content (AvgIpc) is 2.16. The van der Waals surface area contributed by atoms with E-state index in [-0.39, 0.29) is 6.10 Å². The molecule has 0 bridgehead atoms. The number of methoxy groups -OCH3 is 1. The molecule has 5 heteroatoms. The van der Waals surface area contributed by atoms with Gasteiger partial charge in [0.1, 0.15) is 9.84 Å². The van der Waals surface area contributed by atoms with Crippen molar-refractivity contribution in [3.05, 3.63) is 0 Å². The molecule has 14 heavy (non-hydrogen) atoms. The van der Waals surface area contributed by atoms with Crippen molar-refractivity contribution in [3.8, 4) is 0 Å². The summed E-state index contributed by atoms with van der Waals surface area (Å²) in [6, 6.07) is 0.344. The fourth-order valence-electron chi connectivity index (χ4n) is 1.51. The molecule has 1 heterocycles. The van der Waals surface area contributed by atoms with Crippen LogP contribution in [0.15, 0.2) is 0 Å². The number of ether oxygens (including phenoxy) is 1. The van der Waals surface area contributed by atoms with E-state index in [4.69, 9.17) is 4.74 Å². The molecular weight excluding hydrogens is 202 g/mol. The molecule has 0 aromatic rings. The Labute approximate surface area is 85.9 Å². The number of rotatable bonds is 4. The van der Waals surface area contributed by atoms with Crippen molar-refractivity contribution in [1.29, 1.82) is 0 Å². The van der Waals surface area contributed by atoms with Gasteiger partial charge in [0.15, 0.2) is 0 Å². The van der Waals surface area contributed by atoms with E-state index in [2.05, 4.69) is 5.32 Å². The van der Waals surface area contributed by atoms with Crippen molar-refractivity contribution in [2.75, 3.05) is 25.2 Å². The quantitative estimate of drug-likeness (QED) is 0.736. The summed E-state index contributed by atoms with van der Waals surface area (Å²) in [5.74, 6) is 0.651. The van der Waals surface area contributed by atoms with Crippen LogP contribution >= 0.6 is 0 Å². The zero-order valence-corrected chi connectivity index (χ0v) is 9.64. The van der Waals surface area contributed by atoms with Crippen LogP contribution in [-0.4, -0.2) is 45.7 Å². The predicted octanol–water partition coefficient (Wildman–Crippen LogP) is 0.188. The Morgan fingerprint density at radius 2 is 2.00 bits per heavy atom. The highest BCUT2D eigenvalue weighted by Gasteiger charge is 2.23. The Morgan fingerprint density at radius 3 is 2.50 bits per heavy atom. The number of nitrogens with one attached hydrogen (secondary N) is 1. The lowest BCUT2D eigenvalue weighted by Crippen LogP contribution is -2.40. The first-order valence-corrected chi connectivity index (χ1v) is 6.82. The van der Waals surface area contributed by atoms with Gasteiger partial charge in [-0.3, -0.25) is 0 Å². The van der Waals surface area contributed by atoms with Gasteiger partial charge in [-0.2, -0.15) is 0 Å². The van der Waals surface area contributed by atoms with Gasteiger partial charge >= 0.3 is 0 Å². The smallest absolute Gasteiger partial charge is 0.150 e. The maximum absolute atomic E-state index is 11.1.